The SMILES string of the molecule is CNc1nc(C2CCC(C)(C)C(NC(=O)c3ccccn3)C2)ccc1NCC(C)(C)C. The lowest BCUT2D eigenvalue weighted by Crippen LogP contribution is -2.48. The third kappa shape index (κ3) is 5.96. The number of carbonyl (C=O) groups is 1. The van der Waals surface area contributed by atoms with E-state index in [1.807, 2.05) is 19.2 Å². The molecule has 3 N–H and O–H groups in total. The van der Waals surface area contributed by atoms with Gasteiger partial charge in [-0.15, -0.1) is 0 Å². The molecule has 6 nitrogen and oxygen atoms in total. The minimum absolute atomic E-state index is 0.0288. The van der Waals surface area contributed by atoms with E-state index in [1.165, 1.54) is 0 Å². The number of anilines is 2. The average molecular weight is 424 g/mol. The molecule has 2 heterocycles. The molecule has 1 aliphatic rings. The van der Waals surface area contributed by atoms with E-state index in [1.54, 1.807) is 12.3 Å². The van der Waals surface area contributed by atoms with E-state index in [9.17, 15) is 4.79 Å². The van der Waals surface area contributed by atoms with Gasteiger partial charge in [-0.3, -0.25) is 9.78 Å². The van der Waals surface area contributed by atoms with Crippen LogP contribution in [0.15, 0.2) is 36.5 Å². The molecular formula is C25H37N5O. The summed E-state index contributed by atoms with van der Waals surface area (Å²) in [7, 11) is 1.91. The van der Waals surface area contributed by atoms with Gasteiger partial charge in [0.05, 0.1) is 5.69 Å². The summed E-state index contributed by atoms with van der Waals surface area (Å²) >= 11 is 0. The smallest absolute Gasteiger partial charge is 0.270 e. The molecule has 1 saturated carbocycles. The predicted octanol–water partition coefficient (Wildman–Crippen LogP) is 5.07. The third-order valence-electron chi connectivity index (χ3n) is 6.18. The zero-order chi connectivity index (χ0) is 22.6. The minimum Gasteiger partial charge on any atom is -0.382 e. The van der Waals surface area contributed by atoms with Crippen molar-refractivity contribution in [2.75, 3.05) is 24.2 Å². The van der Waals surface area contributed by atoms with E-state index in [0.29, 0.717) is 11.6 Å². The van der Waals surface area contributed by atoms with Gasteiger partial charge in [0.25, 0.3) is 5.91 Å². The molecule has 0 spiro atoms. The zero-order valence-electron chi connectivity index (χ0n) is 19.7. The standard InChI is InChI=1S/C25H37N5O/c1-24(2,3)16-28-19-11-10-18(29-22(19)26-6)17-12-13-25(4,5)21(15-17)30-23(31)20-9-7-8-14-27-20/h7-11,14,17,21,28H,12-13,15-16H2,1-6H3,(H,26,29)(H,30,31). The Balaban J connectivity index is 1.74. The van der Waals surface area contributed by atoms with Gasteiger partial charge in [-0.25, -0.2) is 4.98 Å². The van der Waals surface area contributed by atoms with E-state index in [0.717, 1.165) is 43.0 Å². The molecule has 2 unspecified atom stereocenters. The molecule has 2 aromatic heterocycles. The van der Waals surface area contributed by atoms with Gasteiger partial charge in [-0.05, 0) is 54.4 Å². The van der Waals surface area contributed by atoms with Gasteiger partial charge in [-0.2, -0.15) is 0 Å². The zero-order valence-corrected chi connectivity index (χ0v) is 19.7. The first kappa shape index (κ1) is 23.0. The summed E-state index contributed by atoms with van der Waals surface area (Å²) in [4.78, 5) is 21.9. The molecule has 3 rings (SSSR count). The highest BCUT2D eigenvalue weighted by atomic mass is 16.1. The molecule has 2 atom stereocenters. The first-order valence-electron chi connectivity index (χ1n) is 11.2. The molecule has 1 amide bonds. The fourth-order valence-corrected chi connectivity index (χ4v) is 4.09. The molecule has 0 aliphatic heterocycles. The second-order valence-corrected chi connectivity index (χ2v) is 10.5. The van der Waals surface area contributed by atoms with Crippen molar-refractivity contribution in [1.29, 1.82) is 0 Å². The number of pyridine rings is 2. The van der Waals surface area contributed by atoms with Crippen LogP contribution >= 0.6 is 0 Å². The number of amides is 1. The van der Waals surface area contributed by atoms with Crippen molar-refractivity contribution in [3.8, 4) is 0 Å². The molecule has 1 fully saturated rings. The predicted molar refractivity (Wildman–Crippen MR) is 128 cm³/mol. The second-order valence-electron chi connectivity index (χ2n) is 10.5. The van der Waals surface area contributed by atoms with Crippen LogP contribution in [0.1, 0.15) is 76.0 Å². The molecule has 1 aliphatic carbocycles. The fourth-order valence-electron chi connectivity index (χ4n) is 4.09. The van der Waals surface area contributed by atoms with Crippen molar-refractivity contribution in [3.63, 3.8) is 0 Å². The van der Waals surface area contributed by atoms with Crippen LogP contribution in [0.5, 0.6) is 0 Å². The fraction of sp³-hybridized carbons (Fsp3) is 0.560. The molecular weight excluding hydrogens is 386 g/mol. The molecule has 2 aromatic rings. The summed E-state index contributed by atoms with van der Waals surface area (Å²) in [6.07, 6.45) is 4.62. The van der Waals surface area contributed by atoms with Crippen molar-refractivity contribution in [2.45, 2.75) is 65.8 Å². The molecule has 0 radical (unpaired) electrons. The van der Waals surface area contributed by atoms with Crippen LogP contribution in [-0.4, -0.2) is 35.5 Å². The third-order valence-corrected chi connectivity index (χ3v) is 6.18. The molecule has 0 bridgehead atoms. The number of carbonyl (C=O) groups excluding carboxylic acids is 1. The van der Waals surface area contributed by atoms with Crippen LogP contribution in [0.2, 0.25) is 0 Å². The van der Waals surface area contributed by atoms with Crippen molar-refractivity contribution < 1.29 is 4.79 Å². The summed E-state index contributed by atoms with van der Waals surface area (Å²) in [5, 5.41) is 10.00. The van der Waals surface area contributed by atoms with E-state index >= 15 is 0 Å². The number of nitrogens with zero attached hydrogens (tertiary/aromatic N) is 2. The normalized spacial score (nSPS) is 20.7. The van der Waals surface area contributed by atoms with Gasteiger partial charge < -0.3 is 16.0 Å². The summed E-state index contributed by atoms with van der Waals surface area (Å²) in [6, 6.07) is 9.75. The Kier molecular flexibility index (Phi) is 6.87. The van der Waals surface area contributed by atoms with Crippen LogP contribution in [0, 0.1) is 10.8 Å². The summed E-state index contributed by atoms with van der Waals surface area (Å²) in [5.41, 5.74) is 2.79. The monoisotopic (exact) mass is 423 g/mol. The first-order chi connectivity index (χ1) is 14.6. The molecule has 31 heavy (non-hydrogen) atoms. The Morgan fingerprint density at radius 1 is 1.19 bits per heavy atom. The van der Waals surface area contributed by atoms with E-state index in [-0.39, 0.29) is 22.8 Å². The van der Waals surface area contributed by atoms with Crippen molar-refractivity contribution in [3.05, 3.63) is 47.9 Å². The Hall–Kier alpha value is -2.63. The number of hydrogen-bond donors (Lipinski definition) is 3. The topological polar surface area (TPSA) is 78.9 Å². The molecule has 0 saturated heterocycles. The molecule has 168 valence electrons. The maximum Gasteiger partial charge on any atom is 0.270 e. The summed E-state index contributed by atoms with van der Waals surface area (Å²) in [6.45, 7) is 12.0. The van der Waals surface area contributed by atoms with Gasteiger partial charge >= 0.3 is 0 Å². The lowest BCUT2D eigenvalue weighted by molar-refractivity contribution is 0.0831. The Labute approximate surface area is 186 Å². The molecule has 0 aromatic carbocycles. The van der Waals surface area contributed by atoms with E-state index < -0.39 is 0 Å². The maximum atomic E-state index is 12.7. The van der Waals surface area contributed by atoms with E-state index in [2.05, 4.69) is 67.7 Å². The number of hydrogen-bond acceptors (Lipinski definition) is 5. The van der Waals surface area contributed by atoms with Gasteiger partial charge in [0.15, 0.2) is 0 Å². The van der Waals surface area contributed by atoms with Crippen LogP contribution in [-0.2, 0) is 0 Å². The van der Waals surface area contributed by atoms with Gasteiger partial charge in [-0.1, -0.05) is 40.7 Å². The summed E-state index contributed by atoms with van der Waals surface area (Å²) in [5.74, 6) is 1.08. The lowest BCUT2D eigenvalue weighted by Gasteiger charge is -2.42. The average Bonchev–Trinajstić information content (AvgIpc) is 2.73. The Morgan fingerprint density at radius 3 is 2.61 bits per heavy atom. The molecule has 6 heteroatoms. The van der Waals surface area contributed by atoms with Crippen molar-refractivity contribution in [2.24, 2.45) is 10.8 Å². The van der Waals surface area contributed by atoms with E-state index in [4.69, 9.17) is 4.98 Å². The number of rotatable bonds is 6. The van der Waals surface area contributed by atoms with Gasteiger partial charge in [0.2, 0.25) is 0 Å². The van der Waals surface area contributed by atoms with Crippen molar-refractivity contribution in [1.82, 2.24) is 15.3 Å². The van der Waals surface area contributed by atoms with Crippen molar-refractivity contribution >= 4 is 17.4 Å². The highest BCUT2D eigenvalue weighted by Crippen LogP contribution is 2.43. The second kappa shape index (κ2) is 9.25. The highest BCUT2D eigenvalue weighted by Gasteiger charge is 2.38. The van der Waals surface area contributed by atoms with Crippen LogP contribution in [0.3, 0.4) is 0 Å². The van der Waals surface area contributed by atoms with Crippen LogP contribution in [0.4, 0.5) is 11.5 Å². The number of nitrogens with one attached hydrogen (secondary N) is 3. The maximum absolute atomic E-state index is 12.7. The quantitative estimate of drug-likeness (QED) is 0.605. The number of aromatic nitrogens is 2. The largest absolute Gasteiger partial charge is 0.382 e. The minimum atomic E-state index is -0.107. The first-order valence-corrected chi connectivity index (χ1v) is 11.2. The van der Waals surface area contributed by atoms with Crippen LogP contribution < -0.4 is 16.0 Å². The Morgan fingerprint density at radius 2 is 1.97 bits per heavy atom. The Bertz CT molecular complexity index is 889. The summed E-state index contributed by atoms with van der Waals surface area (Å²) < 4.78 is 0. The van der Waals surface area contributed by atoms with Crippen LogP contribution in [0.25, 0.3) is 0 Å². The highest BCUT2D eigenvalue weighted by molar-refractivity contribution is 5.92. The van der Waals surface area contributed by atoms with Gasteiger partial charge in [0, 0.05) is 37.4 Å². The lowest BCUT2D eigenvalue weighted by atomic mass is 9.68. The van der Waals surface area contributed by atoms with Gasteiger partial charge in [0.1, 0.15) is 11.5 Å².